The van der Waals surface area contributed by atoms with Gasteiger partial charge in [-0.25, -0.2) is 0 Å². The van der Waals surface area contributed by atoms with Crippen molar-refractivity contribution < 1.29 is 9.47 Å². The van der Waals surface area contributed by atoms with Crippen molar-refractivity contribution in [2.75, 3.05) is 13.7 Å². The molecule has 3 atom stereocenters. The van der Waals surface area contributed by atoms with Gasteiger partial charge in [-0.05, 0) is 35.4 Å². The quantitative estimate of drug-likeness (QED) is 0.737. The van der Waals surface area contributed by atoms with Gasteiger partial charge in [-0.3, -0.25) is 0 Å². The second-order valence-electron chi connectivity index (χ2n) is 4.97. The van der Waals surface area contributed by atoms with Crippen molar-refractivity contribution in [3.8, 4) is 5.75 Å². The zero-order valence-electron chi connectivity index (χ0n) is 9.19. The highest BCUT2D eigenvalue weighted by atomic mass is 16.5. The molecule has 15 heavy (non-hydrogen) atoms. The second-order valence-corrected chi connectivity index (χ2v) is 4.97. The molecule has 0 unspecified atom stereocenters. The molecule has 1 aliphatic carbocycles. The average Bonchev–Trinajstić information content (AvgIpc) is 2.83. The van der Waals surface area contributed by atoms with E-state index in [-0.39, 0.29) is 0 Å². The van der Waals surface area contributed by atoms with Crippen molar-refractivity contribution in [1.29, 1.82) is 0 Å². The molecule has 0 bridgehead atoms. The summed E-state index contributed by atoms with van der Waals surface area (Å²) in [6.45, 7) is 3.25. The highest BCUT2D eigenvalue weighted by Crippen LogP contribution is 2.64. The van der Waals surface area contributed by atoms with E-state index in [1.54, 1.807) is 7.11 Å². The highest BCUT2D eigenvalue weighted by molar-refractivity contribution is 5.31. The van der Waals surface area contributed by atoms with E-state index in [1.807, 2.05) is 12.1 Å². The van der Waals surface area contributed by atoms with E-state index < -0.39 is 0 Å². The van der Waals surface area contributed by atoms with Crippen LogP contribution in [0, 0.1) is 11.3 Å². The minimum Gasteiger partial charge on any atom is -0.497 e. The summed E-state index contributed by atoms with van der Waals surface area (Å²) in [4.78, 5) is 0. The molecule has 0 spiro atoms. The van der Waals surface area contributed by atoms with Crippen molar-refractivity contribution in [1.82, 2.24) is 0 Å². The van der Waals surface area contributed by atoms with E-state index in [1.165, 1.54) is 12.0 Å². The van der Waals surface area contributed by atoms with E-state index >= 15 is 0 Å². The average molecular weight is 204 g/mol. The number of rotatable bonds is 2. The molecular weight excluding hydrogens is 188 g/mol. The maximum absolute atomic E-state index is 5.84. The van der Waals surface area contributed by atoms with Crippen molar-refractivity contribution in [3.63, 3.8) is 0 Å². The van der Waals surface area contributed by atoms with Crippen LogP contribution in [0.1, 0.15) is 25.0 Å². The Morgan fingerprint density at radius 1 is 1.33 bits per heavy atom. The SMILES string of the molecule is COc1ccc([C@H]2OC[C@@]3(C)C[C@@H]23)cc1. The first-order chi connectivity index (χ1) is 7.23. The van der Waals surface area contributed by atoms with Gasteiger partial charge in [0.2, 0.25) is 0 Å². The molecule has 2 nitrogen and oxygen atoms in total. The molecule has 1 aliphatic heterocycles. The van der Waals surface area contributed by atoms with Crippen LogP contribution in [-0.4, -0.2) is 13.7 Å². The van der Waals surface area contributed by atoms with E-state index in [4.69, 9.17) is 9.47 Å². The van der Waals surface area contributed by atoms with Gasteiger partial charge in [0, 0.05) is 0 Å². The van der Waals surface area contributed by atoms with Gasteiger partial charge in [-0.15, -0.1) is 0 Å². The number of hydrogen-bond acceptors (Lipinski definition) is 2. The highest BCUT2D eigenvalue weighted by Gasteiger charge is 2.59. The Morgan fingerprint density at radius 2 is 2.07 bits per heavy atom. The maximum atomic E-state index is 5.84. The lowest BCUT2D eigenvalue weighted by Gasteiger charge is -2.12. The van der Waals surface area contributed by atoms with Gasteiger partial charge in [-0.1, -0.05) is 19.1 Å². The molecule has 2 heteroatoms. The Bertz CT molecular complexity index is 371. The zero-order chi connectivity index (χ0) is 10.5. The minimum atomic E-state index is 0.320. The monoisotopic (exact) mass is 204 g/mol. The van der Waals surface area contributed by atoms with Crippen LogP contribution in [0.2, 0.25) is 0 Å². The molecule has 3 rings (SSSR count). The summed E-state index contributed by atoms with van der Waals surface area (Å²) in [5.74, 6) is 1.65. The number of methoxy groups -OCH3 is 1. The van der Waals surface area contributed by atoms with Crippen LogP contribution in [0.4, 0.5) is 0 Å². The summed E-state index contributed by atoms with van der Waals surface area (Å²) >= 11 is 0. The van der Waals surface area contributed by atoms with E-state index in [0.717, 1.165) is 18.3 Å². The third-order valence-electron chi connectivity index (χ3n) is 3.82. The van der Waals surface area contributed by atoms with Gasteiger partial charge in [0.25, 0.3) is 0 Å². The largest absolute Gasteiger partial charge is 0.497 e. The maximum Gasteiger partial charge on any atom is 0.118 e. The van der Waals surface area contributed by atoms with Crippen LogP contribution in [0.5, 0.6) is 5.75 Å². The molecule has 0 aromatic heterocycles. The summed E-state index contributed by atoms with van der Waals surface area (Å²) in [6.07, 6.45) is 1.64. The molecule has 80 valence electrons. The summed E-state index contributed by atoms with van der Waals surface area (Å²) in [5.41, 5.74) is 1.77. The summed E-state index contributed by atoms with van der Waals surface area (Å²) in [7, 11) is 1.69. The molecule has 2 fully saturated rings. The van der Waals surface area contributed by atoms with Gasteiger partial charge >= 0.3 is 0 Å². The van der Waals surface area contributed by atoms with Crippen LogP contribution in [0.15, 0.2) is 24.3 Å². The van der Waals surface area contributed by atoms with E-state index in [0.29, 0.717) is 11.5 Å². The molecule has 2 aliphatic rings. The third kappa shape index (κ3) is 1.36. The molecule has 0 amide bonds. The minimum absolute atomic E-state index is 0.320. The fourth-order valence-electron chi connectivity index (χ4n) is 2.60. The molecule has 1 heterocycles. The number of hydrogen-bond donors (Lipinski definition) is 0. The summed E-state index contributed by atoms with van der Waals surface area (Å²) < 4.78 is 11.0. The molecule has 0 N–H and O–H groups in total. The topological polar surface area (TPSA) is 18.5 Å². The predicted molar refractivity (Wildman–Crippen MR) is 57.9 cm³/mol. The number of fused-ring (bicyclic) bond motifs is 1. The standard InChI is InChI=1S/C13H16O2/c1-13-7-11(13)12(15-8-13)9-3-5-10(14-2)6-4-9/h3-6,11-12H,7-8H2,1-2H3/t11-,12+,13+/m0/s1. The molecular formula is C13H16O2. The van der Waals surface area contributed by atoms with Crippen LogP contribution in [0.25, 0.3) is 0 Å². The lowest BCUT2D eigenvalue weighted by molar-refractivity contribution is 0.0724. The summed E-state index contributed by atoms with van der Waals surface area (Å²) in [6, 6.07) is 8.26. The third-order valence-corrected chi connectivity index (χ3v) is 3.82. The first-order valence-corrected chi connectivity index (χ1v) is 5.48. The lowest BCUT2D eigenvalue weighted by Crippen LogP contribution is -2.01. The van der Waals surface area contributed by atoms with Gasteiger partial charge in [0.05, 0.1) is 19.8 Å². The van der Waals surface area contributed by atoms with Crippen LogP contribution >= 0.6 is 0 Å². The van der Waals surface area contributed by atoms with Gasteiger partial charge < -0.3 is 9.47 Å². The van der Waals surface area contributed by atoms with Crippen molar-refractivity contribution in [3.05, 3.63) is 29.8 Å². The Kier molecular flexibility index (Phi) is 1.84. The normalized spacial score (nSPS) is 37.5. The lowest BCUT2D eigenvalue weighted by atomic mass is 10.0. The fraction of sp³-hybridized carbons (Fsp3) is 0.538. The smallest absolute Gasteiger partial charge is 0.118 e. The Balaban J connectivity index is 1.82. The van der Waals surface area contributed by atoms with Crippen LogP contribution in [0.3, 0.4) is 0 Å². The van der Waals surface area contributed by atoms with Crippen LogP contribution < -0.4 is 4.74 Å². The molecule has 1 aromatic carbocycles. The summed E-state index contributed by atoms with van der Waals surface area (Å²) in [5, 5.41) is 0. The van der Waals surface area contributed by atoms with Crippen molar-refractivity contribution in [2.24, 2.45) is 11.3 Å². The Morgan fingerprint density at radius 3 is 2.53 bits per heavy atom. The molecule has 1 saturated heterocycles. The number of ether oxygens (including phenoxy) is 2. The van der Waals surface area contributed by atoms with Crippen molar-refractivity contribution >= 4 is 0 Å². The van der Waals surface area contributed by atoms with Crippen LogP contribution in [-0.2, 0) is 4.74 Å². The Hall–Kier alpha value is -1.02. The first-order valence-electron chi connectivity index (χ1n) is 5.48. The zero-order valence-corrected chi connectivity index (χ0v) is 9.19. The predicted octanol–water partition coefficient (Wildman–Crippen LogP) is 2.79. The van der Waals surface area contributed by atoms with Gasteiger partial charge in [-0.2, -0.15) is 0 Å². The Labute approximate surface area is 90.2 Å². The van der Waals surface area contributed by atoms with Crippen molar-refractivity contribution in [2.45, 2.75) is 19.4 Å². The number of benzene rings is 1. The molecule has 1 saturated carbocycles. The molecule has 0 radical (unpaired) electrons. The van der Waals surface area contributed by atoms with Gasteiger partial charge in [0.15, 0.2) is 0 Å². The fourth-order valence-corrected chi connectivity index (χ4v) is 2.60. The van der Waals surface area contributed by atoms with E-state index in [9.17, 15) is 0 Å². The van der Waals surface area contributed by atoms with Gasteiger partial charge in [0.1, 0.15) is 5.75 Å². The first kappa shape index (κ1) is 9.22. The molecule has 1 aromatic rings. The van der Waals surface area contributed by atoms with E-state index in [2.05, 4.69) is 19.1 Å². The second kappa shape index (κ2) is 2.99.